The van der Waals surface area contributed by atoms with E-state index in [1.165, 1.54) is 40.7 Å². The molecule has 1 aliphatic heterocycles. The molecule has 1 aliphatic rings. The van der Waals surface area contributed by atoms with Gasteiger partial charge in [0.05, 0.1) is 10.6 Å². The molecule has 0 aromatic heterocycles. The fourth-order valence-corrected chi connectivity index (χ4v) is 4.93. The SMILES string of the molecule is O=C(Nc1ccccc1SC(F)F)c1ccc(S(=O)(=O)N2CCCC2)cc1. The van der Waals surface area contributed by atoms with E-state index in [1.807, 2.05) is 0 Å². The zero-order valence-electron chi connectivity index (χ0n) is 14.3. The monoisotopic (exact) mass is 412 g/mol. The van der Waals surface area contributed by atoms with Crippen LogP contribution in [0.2, 0.25) is 0 Å². The van der Waals surface area contributed by atoms with Crippen molar-refractivity contribution in [3.8, 4) is 0 Å². The van der Waals surface area contributed by atoms with Crippen molar-refractivity contribution in [2.75, 3.05) is 18.4 Å². The molecule has 5 nitrogen and oxygen atoms in total. The summed E-state index contributed by atoms with van der Waals surface area (Å²) in [5, 5.41) is 2.59. The van der Waals surface area contributed by atoms with Crippen LogP contribution in [0.4, 0.5) is 14.5 Å². The molecule has 0 unspecified atom stereocenters. The lowest BCUT2D eigenvalue weighted by Gasteiger charge is -2.15. The van der Waals surface area contributed by atoms with Crippen molar-refractivity contribution < 1.29 is 22.0 Å². The molecule has 0 atom stereocenters. The number of hydrogen-bond acceptors (Lipinski definition) is 4. The molecule has 2 aromatic carbocycles. The number of anilines is 1. The predicted octanol–water partition coefficient (Wildman–Crippen LogP) is 4.04. The third kappa shape index (κ3) is 4.66. The van der Waals surface area contributed by atoms with Gasteiger partial charge >= 0.3 is 0 Å². The number of benzene rings is 2. The van der Waals surface area contributed by atoms with E-state index in [4.69, 9.17) is 0 Å². The molecule has 2 aromatic rings. The van der Waals surface area contributed by atoms with E-state index in [1.54, 1.807) is 12.1 Å². The Labute approximate surface area is 160 Å². The summed E-state index contributed by atoms with van der Waals surface area (Å²) >= 11 is 0.349. The molecule has 144 valence electrons. The van der Waals surface area contributed by atoms with E-state index in [0.29, 0.717) is 24.9 Å². The zero-order valence-corrected chi connectivity index (χ0v) is 15.9. The van der Waals surface area contributed by atoms with Gasteiger partial charge in [-0.25, -0.2) is 8.42 Å². The van der Waals surface area contributed by atoms with Crippen molar-refractivity contribution in [3.63, 3.8) is 0 Å². The van der Waals surface area contributed by atoms with Crippen LogP contribution in [-0.4, -0.2) is 37.5 Å². The fraction of sp³-hybridized carbons (Fsp3) is 0.278. The Morgan fingerprint density at radius 1 is 1.04 bits per heavy atom. The molecule has 0 bridgehead atoms. The van der Waals surface area contributed by atoms with Crippen molar-refractivity contribution in [3.05, 3.63) is 54.1 Å². The molecule has 1 saturated heterocycles. The highest BCUT2D eigenvalue weighted by Gasteiger charge is 2.27. The maximum atomic E-state index is 12.6. The molecule has 0 spiro atoms. The Morgan fingerprint density at radius 3 is 2.30 bits per heavy atom. The van der Waals surface area contributed by atoms with E-state index >= 15 is 0 Å². The Balaban J connectivity index is 1.75. The highest BCUT2D eigenvalue weighted by Crippen LogP contribution is 2.32. The number of nitrogens with zero attached hydrogens (tertiary/aromatic N) is 1. The first-order chi connectivity index (χ1) is 12.9. The second-order valence-corrected chi connectivity index (χ2v) is 8.93. The van der Waals surface area contributed by atoms with Crippen molar-refractivity contribution >= 4 is 33.4 Å². The van der Waals surface area contributed by atoms with Gasteiger partial charge in [-0.2, -0.15) is 13.1 Å². The van der Waals surface area contributed by atoms with E-state index in [0.717, 1.165) is 12.8 Å². The van der Waals surface area contributed by atoms with Crippen LogP contribution in [0.3, 0.4) is 0 Å². The molecule has 1 heterocycles. The lowest BCUT2D eigenvalue weighted by Crippen LogP contribution is -2.27. The fourth-order valence-electron chi connectivity index (χ4n) is 2.82. The van der Waals surface area contributed by atoms with Crippen LogP contribution in [0, 0.1) is 0 Å². The van der Waals surface area contributed by atoms with E-state index in [2.05, 4.69) is 5.32 Å². The summed E-state index contributed by atoms with van der Waals surface area (Å²) in [4.78, 5) is 12.8. The number of carbonyl (C=O) groups is 1. The van der Waals surface area contributed by atoms with Gasteiger partial charge in [0.25, 0.3) is 11.7 Å². The van der Waals surface area contributed by atoms with Crippen LogP contribution in [0.5, 0.6) is 0 Å². The van der Waals surface area contributed by atoms with Crippen LogP contribution < -0.4 is 5.32 Å². The number of nitrogens with one attached hydrogen (secondary N) is 1. The van der Waals surface area contributed by atoms with Crippen LogP contribution in [-0.2, 0) is 10.0 Å². The number of rotatable bonds is 6. The topological polar surface area (TPSA) is 66.5 Å². The largest absolute Gasteiger partial charge is 0.321 e. The van der Waals surface area contributed by atoms with Gasteiger partial charge in [-0.15, -0.1) is 0 Å². The molecular formula is C18H18F2N2O3S2. The van der Waals surface area contributed by atoms with Gasteiger partial charge in [0.2, 0.25) is 10.0 Å². The standard InChI is InChI=1S/C18H18F2N2O3S2/c19-18(20)26-16-6-2-1-5-15(16)21-17(23)13-7-9-14(10-8-13)27(24,25)22-11-3-4-12-22/h1-2,5-10,18H,3-4,11-12H2,(H,21,23). The number of thioether (sulfide) groups is 1. The smallest absolute Gasteiger partial charge is 0.288 e. The first-order valence-electron chi connectivity index (χ1n) is 8.33. The maximum Gasteiger partial charge on any atom is 0.288 e. The molecule has 1 amide bonds. The number of hydrogen-bond donors (Lipinski definition) is 1. The van der Waals surface area contributed by atoms with Gasteiger partial charge in [0.1, 0.15) is 0 Å². The minimum absolute atomic E-state index is 0.134. The number of alkyl halides is 2. The minimum atomic E-state index is -3.55. The summed E-state index contributed by atoms with van der Waals surface area (Å²) in [5.74, 6) is -3.10. The molecule has 27 heavy (non-hydrogen) atoms. The first kappa shape index (κ1) is 19.8. The quantitative estimate of drug-likeness (QED) is 0.728. The van der Waals surface area contributed by atoms with Crippen LogP contribution >= 0.6 is 11.8 Å². The van der Waals surface area contributed by atoms with Gasteiger partial charge in [-0.1, -0.05) is 23.9 Å². The number of carbonyl (C=O) groups excluding carboxylic acids is 1. The molecule has 0 radical (unpaired) electrons. The second kappa shape index (κ2) is 8.37. The molecule has 0 aliphatic carbocycles. The van der Waals surface area contributed by atoms with Gasteiger partial charge < -0.3 is 5.32 Å². The average molecular weight is 412 g/mol. The number of para-hydroxylation sites is 1. The lowest BCUT2D eigenvalue weighted by molar-refractivity contribution is 0.102. The van der Waals surface area contributed by atoms with Gasteiger partial charge in [-0.05, 0) is 49.2 Å². The first-order valence-corrected chi connectivity index (χ1v) is 10.7. The van der Waals surface area contributed by atoms with E-state index in [9.17, 15) is 22.0 Å². The molecule has 9 heteroatoms. The number of halogens is 2. The molecule has 3 rings (SSSR count). The van der Waals surface area contributed by atoms with Crippen LogP contribution in [0.15, 0.2) is 58.3 Å². The summed E-state index contributed by atoms with van der Waals surface area (Å²) in [7, 11) is -3.55. The lowest BCUT2D eigenvalue weighted by atomic mass is 10.2. The van der Waals surface area contributed by atoms with E-state index in [-0.39, 0.29) is 21.0 Å². The van der Waals surface area contributed by atoms with Gasteiger partial charge in [0, 0.05) is 23.5 Å². The van der Waals surface area contributed by atoms with Crippen molar-refractivity contribution in [1.82, 2.24) is 4.31 Å². The Kier molecular flexibility index (Phi) is 6.13. The van der Waals surface area contributed by atoms with Gasteiger partial charge in [-0.3, -0.25) is 4.79 Å². The molecule has 1 fully saturated rings. The van der Waals surface area contributed by atoms with Crippen LogP contribution in [0.1, 0.15) is 23.2 Å². The third-order valence-corrected chi connectivity index (χ3v) is 6.87. The minimum Gasteiger partial charge on any atom is -0.321 e. The number of amides is 1. The maximum absolute atomic E-state index is 12.6. The molecule has 1 N–H and O–H groups in total. The van der Waals surface area contributed by atoms with Gasteiger partial charge in [0.15, 0.2) is 0 Å². The summed E-state index contributed by atoms with van der Waals surface area (Å²) < 4.78 is 51.7. The predicted molar refractivity (Wildman–Crippen MR) is 101 cm³/mol. The normalized spacial score (nSPS) is 15.2. The highest BCUT2D eigenvalue weighted by atomic mass is 32.2. The molecular weight excluding hydrogens is 394 g/mol. The summed E-state index contributed by atoms with van der Waals surface area (Å²) in [6.07, 6.45) is 1.69. The van der Waals surface area contributed by atoms with E-state index < -0.39 is 21.7 Å². The third-order valence-electron chi connectivity index (χ3n) is 4.17. The average Bonchev–Trinajstić information content (AvgIpc) is 3.18. The summed E-state index contributed by atoms with van der Waals surface area (Å²) in [5.41, 5.74) is 0.522. The Bertz CT molecular complexity index is 912. The van der Waals surface area contributed by atoms with Crippen LogP contribution in [0.25, 0.3) is 0 Å². The number of sulfonamides is 1. The van der Waals surface area contributed by atoms with Crippen molar-refractivity contribution in [2.24, 2.45) is 0 Å². The molecule has 0 saturated carbocycles. The zero-order chi connectivity index (χ0) is 19.4. The summed E-state index contributed by atoms with van der Waals surface area (Å²) in [6.45, 7) is 1.01. The van der Waals surface area contributed by atoms with Crippen molar-refractivity contribution in [1.29, 1.82) is 0 Å². The summed E-state index contributed by atoms with van der Waals surface area (Å²) in [6, 6.07) is 11.9. The Hall–Kier alpha value is -1.97. The highest BCUT2D eigenvalue weighted by molar-refractivity contribution is 7.99. The van der Waals surface area contributed by atoms with Crippen molar-refractivity contribution in [2.45, 2.75) is 28.4 Å². The Morgan fingerprint density at radius 2 is 1.67 bits per heavy atom. The second-order valence-electron chi connectivity index (χ2n) is 5.96.